The zero-order valence-corrected chi connectivity index (χ0v) is 10.2. The molecule has 1 aromatic carbocycles. The first-order valence-electron chi connectivity index (χ1n) is 5.95. The van der Waals surface area contributed by atoms with E-state index in [1.165, 1.54) is 0 Å². The molecule has 0 spiro atoms. The number of aromatic carboxylic acids is 1. The van der Waals surface area contributed by atoms with Crippen LogP contribution < -0.4 is 5.32 Å². The molecule has 2 rings (SSSR count). The molecule has 1 heterocycles. The number of unbranched alkanes of at least 4 members (excludes halogenated alkanes) is 1. The highest BCUT2D eigenvalue weighted by atomic mass is 16.4. The van der Waals surface area contributed by atoms with E-state index in [2.05, 4.69) is 22.2 Å². The summed E-state index contributed by atoms with van der Waals surface area (Å²) in [5.74, 6) is -0.422. The number of hydrogen-bond donors (Lipinski definition) is 2. The molecule has 5 nitrogen and oxygen atoms in total. The Morgan fingerprint density at radius 2 is 2.28 bits per heavy atom. The number of anilines is 1. The van der Waals surface area contributed by atoms with E-state index in [0.717, 1.165) is 19.4 Å². The zero-order chi connectivity index (χ0) is 13.0. The maximum atomic E-state index is 11.0. The van der Waals surface area contributed by atoms with Crippen LogP contribution in [-0.2, 0) is 0 Å². The highest BCUT2D eigenvalue weighted by Gasteiger charge is 2.09. The molecular weight excluding hydrogens is 230 g/mol. The standard InChI is InChI=1S/C13H15N3O2/c1-2-3-7-14-13-15-8-10-9(12(17)18)5-4-6-11(10)16-13/h4-6,8H,2-3,7H2,1H3,(H,17,18)(H,14,15,16). The first-order chi connectivity index (χ1) is 8.72. The Morgan fingerprint density at radius 3 is 3.00 bits per heavy atom. The predicted molar refractivity (Wildman–Crippen MR) is 69.9 cm³/mol. The Balaban J connectivity index is 2.32. The molecule has 5 heteroatoms. The number of nitrogens with one attached hydrogen (secondary N) is 1. The van der Waals surface area contributed by atoms with E-state index in [1.807, 2.05) is 0 Å². The summed E-state index contributed by atoms with van der Waals surface area (Å²) in [5, 5.41) is 12.7. The average Bonchev–Trinajstić information content (AvgIpc) is 2.38. The van der Waals surface area contributed by atoms with E-state index in [9.17, 15) is 4.79 Å². The fourth-order valence-electron chi connectivity index (χ4n) is 1.70. The summed E-state index contributed by atoms with van der Waals surface area (Å²) in [7, 11) is 0. The van der Waals surface area contributed by atoms with Crippen LogP contribution in [0.1, 0.15) is 30.1 Å². The molecule has 0 saturated heterocycles. The van der Waals surface area contributed by atoms with E-state index in [4.69, 9.17) is 5.11 Å². The van der Waals surface area contributed by atoms with Gasteiger partial charge in [-0.1, -0.05) is 19.4 Å². The van der Waals surface area contributed by atoms with Crippen LogP contribution in [-0.4, -0.2) is 27.6 Å². The van der Waals surface area contributed by atoms with E-state index in [0.29, 0.717) is 16.9 Å². The Morgan fingerprint density at radius 1 is 1.44 bits per heavy atom. The van der Waals surface area contributed by atoms with E-state index in [-0.39, 0.29) is 5.56 Å². The third kappa shape index (κ3) is 2.56. The number of benzene rings is 1. The first-order valence-corrected chi connectivity index (χ1v) is 5.95. The van der Waals surface area contributed by atoms with Crippen LogP contribution in [0.25, 0.3) is 10.9 Å². The number of fused-ring (bicyclic) bond motifs is 1. The van der Waals surface area contributed by atoms with E-state index >= 15 is 0 Å². The molecule has 2 N–H and O–H groups in total. The number of hydrogen-bond acceptors (Lipinski definition) is 4. The van der Waals surface area contributed by atoms with E-state index < -0.39 is 5.97 Å². The highest BCUT2D eigenvalue weighted by Crippen LogP contribution is 2.17. The molecule has 0 atom stereocenters. The zero-order valence-electron chi connectivity index (χ0n) is 10.2. The SMILES string of the molecule is CCCCNc1ncc2c(C(=O)O)cccc2n1. The number of rotatable bonds is 5. The minimum absolute atomic E-state index is 0.229. The Labute approximate surface area is 105 Å². The van der Waals surface area contributed by atoms with Crippen molar-refractivity contribution in [1.29, 1.82) is 0 Å². The lowest BCUT2D eigenvalue weighted by Gasteiger charge is -2.06. The quantitative estimate of drug-likeness (QED) is 0.792. The van der Waals surface area contributed by atoms with Gasteiger partial charge >= 0.3 is 5.97 Å². The molecule has 1 aromatic heterocycles. The smallest absolute Gasteiger partial charge is 0.336 e. The van der Waals surface area contributed by atoms with Gasteiger partial charge in [0.25, 0.3) is 0 Å². The largest absolute Gasteiger partial charge is 0.478 e. The molecule has 2 aromatic rings. The molecule has 0 saturated carbocycles. The fourth-order valence-corrected chi connectivity index (χ4v) is 1.70. The minimum atomic E-state index is -0.962. The van der Waals surface area contributed by atoms with Crippen molar-refractivity contribution in [1.82, 2.24) is 9.97 Å². The van der Waals surface area contributed by atoms with Crippen molar-refractivity contribution < 1.29 is 9.90 Å². The first kappa shape index (κ1) is 12.3. The maximum Gasteiger partial charge on any atom is 0.336 e. The van der Waals surface area contributed by atoms with Crippen molar-refractivity contribution in [2.24, 2.45) is 0 Å². The Kier molecular flexibility index (Phi) is 3.72. The van der Waals surface area contributed by atoms with Gasteiger partial charge in [0.2, 0.25) is 5.95 Å². The molecular formula is C13H15N3O2. The van der Waals surface area contributed by atoms with E-state index in [1.54, 1.807) is 24.4 Å². The summed E-state index contributed by atoms with van der Waals surface area (Å²) < 4.78 is 0. The van der Waals surface area contributed by atoms with Crippen molar-refractivity contribution in [2.75, 3.05) is 11.9 Å². The summed E-state index contributed by atoms with van der Waals surface area (Å²) >= 11 is 0. The Bertz CT molecular complexity index is 569. The van der Waals surface area contributed by atoms with Gasteiger partial charge in [-0.15, -0.1) is 0 Å². The van der Waals surface area contributed by atoms with Crippen LogP contribution in [0.5, 0.6) is 0 Å². The van der Waals surface area contributed by atoms with Crippen molar-refractivity contribution >= 4 is 22.8 Å². The molecule has 0 radical (unpaired) electrons. The van der Waals surface area contributed by atoms with Crippen LogP contribution >= 0.6 is 0 Å². The van der Waals surface area contributed by atoms with Gasteiger partial charge in [0.1, 0.15) is 0 Å². The Hall–Kier alpha value is -2.17. The summed E-state index contributed by atoms with van der Waals surface area (Å²) in [5.41, 5.74) is 0.872. The topological polar surface area (TPSA) is 75.1 Å². The maximum absolute atomic E-state index is 11.0. The van der Waals surface area contributed by atoms with Gasteiger partial charge in [-0.05, 0) is 18.6 Å². The summed E-state index contributed by atoms with van der Waals surface area (Å²) in [6.45, 7) is 2.93. The lowest BCUT2D eigenvalue weighted by Crippen LogP contribution is -2.06. The molecule has 0 unspecified atom stereocenters. The molecule has 0 fully saturated rings. The number of carbonyl (C=O) groups is 1. The summed E-state index contributed by atoms with van der Waals surface area (Å²) in [6.07, 6.45) is 3.71. The molecule has 0 aliphatic rings. The lowest BCUT2D eigenvalue weighted by molar-refractivity contribution is 0.0699. The van der Waals surface area contributed by atoms with Gasteiger partial charge in [-0.3, -0.25) is 0 Å². The van der Waals surface area contributed by atoms with Gasteiger partial charge in [-0.2, -0.15) is 0 Å². The number of nitrogens with zero attached hydrogens (tertiary/aromatic N) is 2. The molecule has 0 bridgehead atoms. The van der Waals surface area contributed by atoms with Gasteiger partial charge in [-0.25, -0.2) is 14.8 Å². The van der Waals surface area contributed by atoms with Crippen LogP contribution in [0.15, 0.2) is 24.4 Å². The van der Waals surface area contributed by atoms with Gasteiger partial charge in [0, 0.05) is 18.1 Å². The second-order valence-electron chi connectivity index (χ2n) is 4.02. The molecule has 94 valence electrons. The van der Waals surface area contributed by atoms with Crippen molar-refractivity contribution in [3.63, 3.8) is 0 Å². The number of aromatic nitrogens is 2. The monoisotopic (exact) mass is 245 g/mol. The van der Waals surface area contributed by atoms with Crippen LogP contribution in [0.2, 0.25) is 0 Å². The number of carboxylic acid groups (broad SMARTS) is 1. The van der Waals surface area contributed by atoms with Crippen LogP contribution in [0, 0.1) is 0 Å². The van der Waals surface area contributed by atoms with Gasteiger partial charge in [0.15, 0.2) is 0 Å². The second-order valence-corrected chi connectivity index (χ2v) is 4.02. The normalized spacial score (nSPS) is 10.5. The minimum Gasteiger partial charge on any atom is -0.478 e. The predicted octanol–water partition coefficient (Wildman–Crippen LogP) is 2.54. The number of carboxylic acids is 1. The van der Waals surface area contributed by atoms with Crippen LogP contribution in [0.4, 0.5) is 5.95 Å². The average molecular weight is 245 g/mol. The summed E-state index contributed by atoms with van der Waals surface area (Å²) in [6, 6.07) is 5.03. The van der Waals surface area contributed by atoms with Gasteiger partial charge < -0.3 is 10.4 Å². The molecule has 0 amide bonds. The van der Waals surface area contributed by atoms with Crippen molar-refractivity contribution in [2.45, 2.75) is 19.8 Å². The van der Waals surface area contributed by atoms with Gasteiger partial charge in [0.05, 0.1) is 11.1 Å². The fraction of sp³-hybridized carbons (Fsp3) is 0.308. The van der Waals surface area contributed by atoms with Crippen LogP contribution in [0.3, 0.4) is 0 Å². The van der Waals surface area contributed by atoms with Crippen molar-refractivity contribution in [3.8, 4) is 0 Å². The lowest BCUT2D eigenvalue weighted by atomic mass is 10.1. The highest BCUT2D eigenvalue weighted by molar-refractivity contribution is 6.02. The third-order valence-corrected chi connectivity index (χ3v) is 2.67. The van der Waals surface area contributed by atoms with Crippen molar-refractivity contribution in [3.05, 3.63) is 30.0 Å². The molecule has 0 aliphatic carbocycles. The third-order valence-electron chi connectivity index (χ3n) is 2.67. The molecule has 18 heavy (non-hydrogen) atoms. The second kappa shape index (κ2) is 5.44. The summed E-state index contributed by atoms with van der Waals surface area (Å²) in [4.78, 5) is 19.5. The molecule has 0 aliphatic heterocycles.